The lowest BCUT2D eigenvalue weighted by Gasteiger charge is -2.07. The number of hydrogen-bond donors (Lipinski definition) is 1. The van der Waals surface area contributed by atoms with Crippen LogP contribution >= 0.6 is 11.3 Å². The van der Waals surface area contributed by atoms with E-state index in [1.165, 1.54) is 18.4 Å². The fourth-order valence-corrected chi connectivity index (χ4v) is 3.20. The van der Waals surface area contributed by atoms with Gasteiger partial charge in [0.1, 0.15) is 22.9 Å². The highest BCUT2D eigenvalue weighted by molar-refractivity contribution is 7.17. The molecule has 1 aromatic carbocycles. The lowest BCUT2D eigenvalue weighted by molar-refractivity contribution is -0.116. The van der Waals surface area contributed by atoms with Gasteiger partial charge in [-0.3, -0.25) is 9.48 Å². The van der Waals surface area contributed by atoms with Crippen LogP contribution in [0.4, 0.5) is 5.69 Å². The molecule has 1 N–H and O–H groups in total. The second-order valence-electron chi connectivity index (χ2n) is 5.33. The van der Waals surface area contributed by atoms with E-state index in [1.54, 1.807) is 60.5 Å². The van der Waals surface area contributed by atoms with E-state index < -0.39 is 0 Å². The average molecular weight is 371 g/mol. The molecule has 0 atom stereocenters. The van der Waals surface area contributed by atoms with Crippen molar-refractivity contribution < 1.29 is 19.1 Å². The summed E-state index contributed by atoms with van der Waals surface area (Å²) in [6, 6.07) is 12.4. The maximum atomic E-state index is 12.2. The second kappa shape index (κ2) is 7.83. The summed E-state index contributed by atoms with van der Waals surface area (Å²) in [7, 11) is 2.92. The molecule has 0 aliphatic heterocycles. The third-order valence-electron chi connectivity index (χ3n) is 3.54. The van der Waals surface area contributed by atoms with Gasteiger partial charge in [-0.05, 0) is 30.3 Å². The van der Waals surface area contributed by atoms with Crippen molar-refractivity contribution in [1.29, 1.82) is 0 Å². The van der Waals surface area contributed by atoms with Crippen LogP contribution in [0, 0.1) is 0 Å². The number of hydrogen-bond acceptors (Lipinski definition) is 6. The highest BCUT2D eigenvalue weighted by Gasteiger charge is 2.13. The molecule has 0 saturated carbocycles. The van der Waals surface area contributed by atoms with Crippen LogP contribution in [-0.4, -0.2) is 35.9 Å². The van der Waals surface area contributed by atoms with Gasteiger partial charge in [-0.25, -0.2) is 4.79 Å². The maximum absolute atomic E-state index is 12.2. The van der Waals surface area contributed by atoms with Crippen molar-refractivity contribution in [3.63, 3.8) is 0 Å². The van der Waals surface area contributed by atoms with Crippen LogP contribution in [0.5, 0.6) is 5.75 Å². The third kappa shape index (κ3) is 4.09. The quantitative estimate of drug-likeness (QED) is 0.674. The minimum atomic E-state index is -0.377. The Balaban J connectivity index is 1.65. The van der Waals surface area contributed by atoms with Crippen LogP contribution in [0.3, 0.4) is 0 Å². The maximum Gasteiger partial charge on any atom is 0.348 e. The number of carbonyl (C=O) groups is 2. The van der Waals surface area contributed by atoms with Gasteiger partial charge in [0.15, 0.2) is 0 Å². The van der Waals surface area contributed by atoms with Crippen molar-refractivity contribution in [1.82, 2.24) is 9.78 Å². The number of ether oxygens (including phenoxy) is 2. The Kier molecular flexibility index (Phi) is 5.33. The van der Waals surface area contributed by atoms with E-state index in [0.29, 0.717) is 22.0 Å². The molecule has 0 fully saturated rings. The predicted octanol–water partition coefficient (Wildman–Crippen LogP) is 3.05. The molecule has 0 spiro atoms. The molecule has 0 unspecified atom stereocenters. The van der Waals surface area contributed by atoms with Gasteiger partial charge in [0.2, 0.25) is 5.91 Å². The zero-order valence-corrected chi connectivity index (χ0v) is 15.1. The fourth-order valence-electron chi connectivity index (χ4n) is 2.32. The Bertz CT molecular complexity index is 932. The van der Waals surface area contributed by atoms with E-state index in [1.807, 2.05) is 0 Å². The highest BCUT2D eigenvalue weighted by atomic mass is 32.1. The van der Waals surface area contributed by atoms with Crippen LogP contribution in [0.15, 0.2) is 48.7 Å². The topological polar surface area (TPSA) is 82.5 Å². The molecule has 7 nitrogen and oxygen atoms in total. The van der Waals surface area contributed by atoms with Gasteiger partial charge in [-0.2, -0.15) is 5.10 Å². The fraction of sp³-hybridized carbons (Fsp3) is 0.167. The SMILES string of the molecule is COC(=O)c1ccc(-c2ccn(CC(=O)Nc3cccc(OC)c3)n2)s1. The van der Waals surface area contributed by atoms with Crippen molar-refractivity contribution >= 4 is 28.9 Å². The second-order valence-corrected chi connectivity index (χ2v) is 6.42. The van der Waals surface area contributed by atoms with Crippen molar-refractivity contribution in [3.8, 4) is 16.3 Å². The molecular formula is C18H17N3O4S. The summed E-state index contributed by atoms with van der Waals surface area (Å²) in [6.07, 6.45) is 1.72. The molecule has 8 heteroatoms. The van der Waals surface area contributed by atoms with Gasteiger partial charge >= 0.3 is 5.97 Å². The van der Waals surface area contributed by atoms with Crippen LogP contribution in [0.1, 0.15) is 9.67 Å². The monoisotopic (exact) mass is 371 g/mol. The summed E-state index contributed by atoms with van der Waals surface area (Å²) in [5.41, 5.74) is 1.35. The number of aromatic nitrogens is 2. The summed E-state index contributed by atoms with van der Waals surface area (Å²) in [5, 5.41) is 7.19. The first-order valence-electron chi connectivity index (χ1n) is 7.75. The number of nitrogens with zero attached hydrogens (tertiary/aromatic N) is 2. The van der Waals surface area contributed by atoms with Gasteiger partial charge in [-0.1, -0.05) is 6.07 Å². The standard InChI is InChI=1S/C18H17N3O4S/c1-24-13-5-3-4-12(10-13)19-17(22)11-21-9-8-14(20-21)15-6-7-16(26-15)18(23)25-2/h3-10H,11H2,1-2H3,(H,19,22). The van der Waals surface area contributed by atoms with Crippen LogP contribution in [-0.2, 0) is 16.1 Å². The molecule has 0 aliphatic rings. The van der Waals surface area contributed by atoms with Crippen LogP contribution in [0.25, 0.3) is 10.6 Å². The Labute approximate surface area is 154 Å². The summed E-state index contributed by atoms with van der Waals surface area (Å²) >= 11 is 1.29. The lowest BCUT2D eigenvalue weighted by atomic mass is 10.3. The van der Waals surface area contributed by atoms with Crippen LogP contribution in [0.2, 0.25) is 0 Å². The smallest absolute Gasteiger partial charge is 0.348 e. The molecular weight excluding hydrogens is 354 g/mol. The van der Waals surface area contributed by atoms with Crippen molar-refractivity contribution in [2.45, 2.75) is 6.54 Å². The molecule has 134 valence electrons. The zero-order valence-electron chi connectivity index (χ0n) is 14.3. The van der Waals surface area contributed by atoms with Gasteiger partial charge in [0.25, 0.3) is 0 Å². The number of rotatable bonds is 6. The minimum absolute atomic E-state index is 0.0758. The van der Waals surface area contributed by atoms with Crippen molar-refractivity contribution in [2.24, 2.45) is 0 Å². The number of anilines is 1. The molecule has 1 amide bonds. The molecule has 0 aliphatic carbocycles. The predicted molar refractivity (Wildman–Crippen MR) is 98.5 cm³/mol. The van der Waals surface area contributed by atoms with Gasteiger partial charge < -0.3 is 14.8 Å². The zero-order chi connectivity index (χ0) is 18.5. The normalized spacial score (nSPS) is 10.4. The number of amides is 1. The molecule has 0 saturated heterocycles. The van der Waals surface area contributed by atoms with Crippen molar-refractivity contribution in [3.05, 3.63) is 53.5 Å². The van der Waals surface area contributed by atoms with Crippen LogP contribution < -0.4 is 10.1 Å². The summed E-state index contributed by atoms with van der Waals surface area (Å²) in [4.78, 5) is 25.1. The van der Waals surface area contributed by atoms with Gasteiger partial charge in [0, 0.05) is 18.0 Å². The molecule has 2 heterocycles. The van der Waals surface area contributed by atoms with E-state index >= 15 is 0 Å². The number of carbonyl (C=O) groups excluding carboxylic acids is 2. The largest absolute Gasteiger partial charge is 0.497 e. The first kappa shape index (κ1) is 17.7. The first-order chi connectivity index (χ1) is 12.6. The average Bonchev–Trinajstić information content (AvgIpc) is 3.30. The Morgan fingerprint density at radius 3 is 2.81 bits per heavy atom. The third-order valence-corrected chi connectivity index (χ3v) is 4.63. The van der Waals surface area contributed by atoms with Crippen molar-refractivity contribution in [2.75, 3.05) is 19.5 Å². The number of methoxy groups -OCH3 is 2. The number of nitrogens with one attached hydrogen (secondary N) is 1. The van der Waals surface area contributed by atoms with Gasteiger partial charge in [-0.15, -0.1) is 11.3 Å². The summed E-state index contributed by atoms with van der Waals surface area (Å²) < 4.78 is 11.4. The molecule has 26 heavy (non-hydrogen) atoms. The minimum Gasteiger partial charge on any atom is -0.497 e. The van der Waals surface area contributed by atoms with E-state index in [9.17, 15) is 9.59 Å². The van der Waals surface area contributed by atoms with E-state index in [0.717, 1.165) is 4.88 Å². The summed E-state index contributed by atoms with van der Waals surface area (Å²) in [6.45, 7) is 0.0758. The van der Waals surface area contributed by atoms with E-state index in [-0.39, 0.29) is 18.4 Å². The van der Waals surface area contributed by atoms with E-state index in [2.05, 4.69) is 10.4 Å². The number of thiophene rings is 1. The number of benzene rings is 1. The highest BCUT2D eigenvalue weighted by Crippen LogP contribution is 2.27. The molecule has 3 aromatic rings. The van der Waals surface area contributed by atoms with Gasteiger partial charge in [0.05, 0.1) is 19.1 Å². The Morgan fingerprint density at radius 2 is 2.04 bits per heavy atom. The molecule has 0 bridgehead atoms. The molecule has 0 radical (unpaired) electrons. The van der Waals surface area contributed by atoms with E-state index in [4.69, 9.17) is 9.47 Å². The summed E-state index contributed by atoms with van der Waals surface area (Å²) in [5.74, 6) is 0.0935. The number of esters is 1. The molecule has 3 rings (SSSR count). The molecule has 2 aromatic heterocycles. The lowest BCUT2D eigenvalue weighted by Crippen LogP contribution is -2.19. The first-order valence-corrected chi connectivity index (χ1v) is 8.56. The Hall–Kier alpha value is -3.13. The Morgan fingerprint density at radius 1 is 1.19 bits per heavy atom.